The predicted octanol–water partition coefficient (Wildman–Crippen LogP) is 1.86. The van der Waals surface area contributed by atoms with Crippen molar-refractivity contribution < 1.29 is 14.4 Å². The van der Waals surface area contributed by atoms with Crippen molar-refractivity contribution in [1.82, 2.24) is 19.8 Å². The smallest absolute Gasteiger partial charge is 0.242 e. The largest absolute Gasteiger partial charge is 0.340 e. The first kappa shape index (κ1) is 21.6. The van der Waals surface area contributed by atoms with Gasteiger partial charge in [-0.3, -0.25) is 19.3 Å². The topological polar surface area (TPSA) is 86.7 Å². The Morgan fingerprint density at radius 2 is 1.91 bits per heavy atom. The Bertz CT molecular complexity index is 1090. The molecule has 3 amide bonds. The average molecular weight is 448 g/mol. The number of aromatic nitrogens is 2. The van der Waals surface area contributed by atoms with Crippen molar-refractivity contribution in [3.63, 3.8) is 0 Å². The molecular formula is C25H29N5O3. The number of rotatable bonds is 6. The number of amides is 3. The zero-order chi connectivity index (χ0) is 22.9. The van der Waals surface area contributed by atoms with Gasteiger partial charge >= 0.3 is 0 Å². The maximum absolute atomic E-state index is 12.7. The van der Waals surface area contributed by atoms with Crippen molar-refractivity contribution in [2.45, 2.75) is 44.9 Å². The summed E-state index contributed by atoms with van der Waals surface area (Å²) >= 11 is 0. The van der Waals surface area contributed by atoms with Crippen LogP contribution in [0.2, 0.25) is 0 Å². The lowest BCUT2D eigenvalue weighted by molar-refractivity contribution is -0.137. The summed E-state index contributed by atoms with van der Waals surface area (Å²) in [4.78, 5) is 52.2. The van der Waals surface area contributed by atoms with Gasteiger partial charge in [0.2, 0.25) is 17.7 Å². The van der Waals surface area contributed by atoms with Gasteiger partial charge in [-0.1, -0.05) is 30.3 Å². The highest BCUT2D eigenvalue weighted by Crippen LogP contribution is 2.33. The fourth-order valence-corrected chi connectivity index (χ4v) is 5.03. The molecule has 1 aromatic carbocycles. The minimum Gasteiger partial charge on any atom is -0.340 e. The van der Waals surface area contributed by atoms with Crippen LogP contribution in [0.25, 0.3) is 0 Å². The van der Waals surface area contributed by atoms with Gasteiger partial charge in [-0.2, -0.15) is 0 Å². The Kier molecular flexibility index (Phi) is 5.83. The zero-order valence-corrected chi connectivity index (χ0v) is 19.0. The van der Waals surface area contributed by atoms with Crippen LogP contribution in [-0.4, -0.2) is 70.2 Å². The predicted molar refractivity (Wildman–Crippen MR) is 123 cm³/mol. The zero-order valence-electron chi connectivity index (χ0n) is 19.0. The molecule has 1 atom stereocenters. The van der Waals surface area contributed by atoms with Crippen molar-refractivity contribution in [3.05, 3.63) is 53.0 Å². The van der Waals surface area contributed by atoms with Crippen LogP contribution in [0.4, 0.5) is 5.82 Å². The molecule has 0 N–H and O–H groups in total. The Balaban J connectivity index is 1.28. The van der Waals surface area contributed by atoms with Gasteiger partial charge in [0.15, 0.2) is 0 Å². The van der Waals surface area contributed by atoms with E-state index in [1.54, 1.807) is 9.80 Å². The molecule has 0 spiro atoms. The van der Waals surface area contributed by atoms with E-state index >= 15 is 0 Å². The third-order valence-electron chi connectivity index (χ3n) is 6.96. The van der Waals surface area contributed by atoms with Gasteiger partial charge < -0.3 is 9.80 Å². The van der Waals surface area contributed by atoms with Gasteiger partial charge in [-0.05, 0) is 31.7 Å². The quantitative estimate of drug-likeness (QED) is 0.675. The normalized spacial score (nSPS) is 20.2. The second-order valence-electron chi connectivity index (χ2n) is 9.17. The molecule has 3 aliphatic heterocycles. The SMILES string of the molecule is Cc1nc([C@H]2CCN(C(=O)CN3CCCC3=O)C2)nc2c1CC(=O)N2CCc1ccccc1. The number of likely N-dealkylation sites (tertiary alicyclic amines) is 2. The maximum Gasteiger partial charge on any atom is 0.242 e. The third-order valence-corrected chi connectivity index (χ3v) is 6.96. The minimum atomic E-state index is -0.00898. The standard InChI is InChI=1S/C25H29N5O3/c1-17-20-14-22(32)30(13-9-18-6-3-2-4-7-18)25(20)27-24(26-17)19-10-12-29(15-19)23(33)16-28-11-5-8-21(28)31/h2-4,6-7,19H,5,8-16H2,1H3/t19-/m0/s1. The van der Waals surface area contributed by atoms with Gasteiger partial charge in [0, 0.05) is 49.8 Å². The molecule has 8 heteroatoms. The monoisotopic (exact) mass is 447 g/mol. The van der Waals surface area contributed by atoms with Crippen LogP contribution in [0.5, 0.6) is 0 Å². The lowest BCUT2D eigenvalue weighted by Crippen LogP contribution is -2.39. The summed E-state index contributed by atoms with van der Waals surface area (Å²) in [6, 6.07) is 10.1. The number of carbonyl (C=O) groups is 3. The summed E-state index contributed by atoms with van der Waals surface area (Å²) in [7, 11) is 0. The number of carbonyl (C=O) groups excluding carboxylic acids is 3. The summed E-state index contributed by atoms with van der Waals surface area (Å²) in [5.74, 6) is 1.60. The highest BCUT2D eigenvalue weighted by molar-refractivity contribution is 6.00. The van der Waals surface area contributed by atoms with Crippen molar-refractivity contribution >= 4 is 23.5 Å². The van der Waals surface area contributed by atoms with E-state index in [1.165, 1.54) is 5.56 Å². The van der Waals surface area contributed by atoms with Gasteiger partial charge in [-0.25, -0.2) is 9.97 Å². The van der Waals surface area contributed by atoms with Crippen LogP contribution in [0.15, 0.2) is 30.3 Å². The second-order valence-corrected chi connectivity index (χ2v) is 9.17. The van der Waals surface area contributed by atoms with E-state index in [-0.39, 0.29) is 30.2 Å². The molecule has 1 aromatic heterocycles. The molecule has 33 heavy (non-hydrogen) atoms. The fourth-order valence-electron chi connectivity index (χ4n) is 5.03. The van der Waals surface area contributed by atoms with Crippen LogP contribution in [0, 0.1) is 6.92 Å². The summed E-state index contributed by atoms with van der Waals surface area (Å²) in [5, 5.41) is 0. The van der Waals surface area contributed by atoms with Gasteiger partial charge in [0.1, 0.15) is 11.6 Å². The molecule has 4 heterocycles. The molecule has 2 saturated heterocycles. The number of hydrogen-bond acceptors (Lipinski definition) is 5. The first-order valence-electron chi connectivity index (χ1n) is 11.8. The molecule has 2 aromatic rings. The molecule has 0 aliphatic carbocycles. The van der Waals surface area contributed by atoms with E-state index in [0.29, 0.717) is 44.8 Å². The Labute approximate surface area is 193 Å². The number of fused-ring (bicyclic) bond motifs is 1. The Morgan fingerprint density at radius 3 is 2.67 bits per heavy atom. The van der Waals surface area contributed by atoms with E-state index < -0.39 is 0 Å². The number of benzene rings is 1. The molecule has 0 radical (unpaired) electrons. The molecular weight excluding hydrogens is 418 g/mol. The molecule has 0 bridgehead atoms. The Hall–Kier alpha value is -3.29. The van der Waals surface area contributed by atoms with Crippen LogP contribution in [-0.2, 0) is 27.2 Å². The number of anilines is 1. The molecule has 2 fully saturated rings. The number of hydrogen-bond donors (Lipinski definition) is 0. The van der Waals surface area contributed by atoms with Gasteiger partial charge in [0.25, 0.3) is 0 Å². The van der Waals surface area contributed by atoms with Crippen molar-refractivity contribution in [3.8, 4) is 0 Å². The molecule has 0 unspecified atom stereocenters. The molecule has 8 nitrogen and oxygen atoms in total. The van der Waals surface area contributed by atoms with Crippen LogP contribution in [0.1, 0.15) is 47.8 Å². The average Bonchev–Trinajstić information content (AvgIpc) is 3.53. The molecule has 3 aliphatic rings. The van der Waals surface area contributed by atoms with E-state index in [1.807, 2.05) is 30.0 Å². The van der Waals surface area contributed by atoms with Crippen molar-refractivity contribution in [2.24, 2.45) is 0 Å². The number of nitrogens with zero attached hydrogens (tertiary/aromatic N) is 5. The maximum atomic E-state index is 12.7. The first-order chi connectivity index (χ1) is 16.0. The first-order valence-corrected chi connectivity index (χ1v) is 11.8. The highest BCUT2D eigenvalue weighted by Gasteiger charge is 2.35. The van der Waals surface area contributed by atoms with Crippen molar-refractivity contribution in [2.75, 3.05) is 37.6 Å². The van der Waals surface area contributed by atoms with Crippen LogP contribution < -0.4 is 4.90 Å². The summed E-state index contributed by atoms with van der Waals surface area (Å²) in [6.45, 7) is 4.55. The summed E-state index contributed by atoms with van der Waals surface area (Å²) in [5.41, 5.74) is 2.94. The van der Waals surface area contributed by atoms with Crippen molar-refractivity contribution in [1.29, 1.82) is 0 Å². The molecule has 172 valence electrons. The molecule has 0 saturated carbocycles. The summed E-state index contributed by atoms with van der Waals surface area (Å²) < 4.78 is 0. The Morgan fingerprint density at radius 1 is 1.09 bits per heavy atom. The van der Waals surface area contributed by atoms with Crippen LogP contribution >= 0.6 is 0 Å². The van der Waals surface area contributed by atoms with E-state index in [9.17, 15) is 14.4 Å². The lowest BCUT2D eigenvalue weighted by Gasteiger charge is -2.21. The fraction of sp³-hybridized carbons (Fsp3) is 0.480. The van der Waals surface area contributed by atoms with Gasteiger partial charge in [0.05, 0.1) is 13.0 Å². The van der Waals surface area contributed by atoms with Gasteiger partial charge in [-0.15, -0.1) is 0 Å². The minimum absolute atomic E-state index is 0.00898. The third kappa shape index (κ3) is 4.34. The molecule has 5 rings (SSSR count). The van der Waals surface area contributed by atoms with E-state index in [4.69, 9.17) is 9.97 Å². The van der Waals surface area contributed by atoms with E-state index in [2.05, 4.69) is 12.1 Å². The summed E-state index contributed by atoms with van der Waals surface area (Å²) in [6.07, 6.45) is 3.27. The van der Waals surface area contributed by atoms with Crippen LogP contribution in [0.3, 0.4) is 0 Å². The van der Waals surface area contributed by atoms with E-state index in [0.717, 1.165) is 36.3 Å². The second kappa shape index (κ2) is 8.92. The number of aryl methyl sites for hydroxylation is 1. The lowest BCUT2D eigenvalue weighted by atomic mass is 10.1. The highest BCUT2D eigenvalue weighted by atomic mass is 16.2.